The van der Waals surface area contributed by atoms with Crippen molar-refractivity contribution in [1.29, 1.82) is 0 Å². The summed E-state index contributed by atoms with van der Waals surface area (Å²) in [6.07, 6.45) is 2.16. The molecule has 1 fully saturated rings. The largest absolute Gasteiger partial charge is 0.508 e. The van der Waals surface area contributed by atoms with Gasteiger partial charge in [0.05, 0.1) is 11.6 Å². The number of imide groups is 1. The van der Waals surface area contributed by atoms with Gasteiger partial charge in [0.15, 0.2) is 0 Å². The molecule has 0 aliphatic carbocycles. The lowest BCUT2D eigenvalue weighted by Crippen LogP contribution is -2.29. The average molecular weight is 348 g/mol. The molecule has 1 unspecified atom stereocenters. The van der Waals surface area contributed by atoms with Crippen LogP contribution in [-0.2, 0) is 9.59 Å². The van der Waals surface area contributed by atoms with E-state index in [4.69, 9.17) is 0 Å². The summed E-state index contributed by atoms with van der Waals surface area (Å²) in [5.74, 6) is -0.815. The Morgan fingerprint density at radius 1 is 1.04 bits per heavy atom. The van der Waals surface area contributed by atoms with Gasteiger partial charge >= 0.3 is 0 Å². The molecule has 1 atom stereocenters. The van der Waals surface area contributed by atoms with Gasteiger partial charge in [0, 0.05) is 29.6 Å². The molecule has 1 saturated heterocycles. The highest BCUT2D eigenvalue weighted by Gasteiger charge is 2.41. The van der Waals surface area contributed by atoms with Crippen LogP contribution in [0, 0.1) is 0 Å². The number of aromatic hydroxyl groups is 1. The number of fused-ring (bicyclic) bond motifs is 1. The highest BCUT2D eigenvalue weighted by atomic mass is 16.3. The number of amides is 2. The fourth-order valence-electron chi connectivity index (χ4n) is 3.68. The van der Waals surface area contributed by atoms with Gasteiger partial charge in [-0.15, -0.1) is 0 Å². The van der Waals surface area contributed by atoms with Crippen LogP contribution in [0.3, 0.4) is 0 Å². The maximum Gasteiger partial charge on any atom is 0.241 e. The molecule has 2 amide bonds. The molecule has 0 spiro atoms. The first-order valence-electron chi connectivity index (χ1n) is 8.72. The number of para-hydroxylation sites is 1. The first kappa shape index (κ1) is 16.4. The lowest BCUT2D eigenvalue weighted by molar-refractivity contribution is -0.121. The van der Waals surface area contributed by atoms with Crippen LogP contribution >= 0.6 is 0 Å². The van der Waals surface area contributed by atoms with Gasteiger partial charge in [0.25, 0.3) is 0 Å². The number of phenols is 1. The molecule has 3 aromatic rings. The Hall–Kier alpha value is -3.08. The van der Waals surface area contributed by atoms with Crippen molar-refractivity contribution >= 4 is 28.4 Å². The van der Waals surface area contributed by atoms with E-state index in [1.165, 1.54) is 17.0 Å². The maximum atomic E-state index is 13.1. The molecule has 1 aliphatic heterocycles. The van der Waals surface area contributed by atoms with Crippen molar-refractivity contribution in [3.8, 4) is 5.75 Å². The molecule has 5 heteroatoms. The van der Waals surface area contributed by atoms with E-state index in [2.05, 4.69) is 18.4 Å². The molecule has 0 saturated carbocycles. The lowest BCUT2D eigenvalue weighted by atomic mass is 9.97. The Morgan fingerprint density at radius 3 is 2.42 bits per heavy atom. The molecule has 132 valence electrons. The van der Waals surface area contributed by atoms with Crippen molar-refractivity contribution in [3.05, 3.63) is 60.3 Å². The molecule has 1 aliphatic rings. The number of phenolic OH excluding ortho intramolecular Hbond substituents is 1. The van der Waals surface area contributed by atoms with Gasteiger partial charge in [0.1, 0.15) is 5.75 Å². The van der Waals surface area contributed by atoms with E-state index < -0.39 is 5.92 Å². The van der Waals surface area contributed by atoms with Gasteiger partial charge in [-0.05, 0) is 49.7 Å². The lowest BCUT2D eigenvalue weighted by Gasteiger charge is -2.15. The van der Waals surface area contributed by atoms with Gasteiger partial charge in [0.2, 0.25) is 11.8 Å². The summed E-state index contributed by atoms with van der Waals surface area (Å²) in [6, 6.07) is 14.4. The first-order chi connectivity index (χ1) is 12.5. The van der Waals surface area contributed by atoms with Crippen molar-refractivity contribution in [3.63, 3.8) is 0 Å². The van der Waals surface area contributed by atoms with Crippen LogP contribution in [0.2, 0.25) is 0 Å². The predicted octanol–water partition coefficient (Wildman–Crippen LogP) is 3.97. The number of carbonyl (C=O) groups is 2. The Morgan fingerprint density at radius 2 is 1.73 bits per heavy atom. The summed E-state index contributed by atoms with van der Waals surface area (Å²) in [4.78, 5) is 26.9. The van der Waals surface area contributed by atoms with E-state index in [9.17, 15) is 14.7 Å². The standard InChI is InChI=1S/C21H20N2O3/c1-13(2)22-12-18(16-5-3-4-6-19(16)22)17-11-20(25)23(21(17)26)14-7-9-15(24)10-8-14/h3-10,12-13,17,24H,11H2,1-2H3. The third-order valence-electron chi connectivity index (χ3n) is 4.96. The molecular weight excluding hydrogens is 328 g/mol. The Balaban J connectivity index is 1.78. The summed E-state index contributed by atoms with van der Waals surface area (Å²) < 4.78 is 2.14. The number of hydrogen-bond donors (Lipinski definition) is 1. The number of benzene rings is 2. The van der Waals surface area contributed by atoms with Gasteiger partial charge in [-0.2, -0.15) is 0 Å². The number of carbonyl (C=O) groups excluding carboxylic acids is 2. The monoisotopic (exact) mass is 348 g/mol. The van der Waals surface area contributed by atoms with Crippen LogP contribution in [0.1, 0.15) is 37.8 Å². The summed E-state index contributed by atoms with van der Waals surface area (Å²) in [6.45, 7) is 4.20. The second-order valence-corrected chi connectivity index (χ2v) is 6.94. The molecule has 5 nitrogen and oxygen atoms in total. The molecule has 0 bridgehead atoms. The maximum absolute atomic E-state index is 13.1. The van der Waals surface area contributed by atoms with Crippen LogP contribution in [-0.4, -0.2) is 21.5 Å². The van der Waals surface area contributed by atoms with Crippen molar-refractivity contribution in [2.45, 2.75) is 32.2 Å². The van der Waals surface area contributed by atoms with Crippen LogP contribution in [0.25, 0.3) is 10.9 Å². The minimum absolute atomic E-state index is 0.101. The fraction of sp³-hybridized carbons (Fsp3) is 0.238. The zero-order valence-electron chi connectivity index (χ0n) is 14.7. The Labute approximate surface area is 151 Å². The first-order valence-corrected chi connectivity index (χ1v) is 8.72. The van der Waals surface area contributed by atoms with Crippen molar-refractivity contribution < 1.29 is 14.7 Å². The quantitative estimate of drug-likeness (QED) is 0.728. The molecule has 1 N–H and O–H groups in total. The van der Waals surface area contributed by atoms with E-state index >= 15 is 0 Å². The van der Waals surface area contributed by atoms with E-state index in [0.29, 0.717) is 5.69 Å². The van der Waals surface area contributed by atoms with E-state index in [1.54, 1.807) is 12.1 Å². The highest BCUT2D eigenvalue weighted by Crippen LogP contribution is 2.38. The molecular formula is C21H20N2O3. The van der Waals surface area contributed by atoms with Crippen LogP contribution in [0.5, 0.6) is 5.75 Å². The number of rotatable bonds is 3. The van der Waals surface area contributed by atoms with Gasteiger partial charge < -0.3 is 9.67 Å². The third-order valence-corrected chi connectivity index (χ3v) is 4.96. The molecule has 4 rings (SSSR count). The summed E-state index contributed by atoms with van der Waals surface area (Å²) in [5, 5.41) is 10.5. The number of nitrogens with zero attached hydrogens (tertiary/aromatic N) is 2. The second-order valence-electron chi connectivity index (χ2n) is 6.94. The summed E-state index contributed by atoms with van der Waals surface area (Å²) in [5.41, 5.74) is 2.46. The Kier molecular flexibility index (Phi) is 3.80. The van der Waals surface area contributed by atoms with E-state index in [-0.39, 0.29) is 30.0 Å². The number of anilines is 1. The van der Waals surface area contributed by atoms with Gasteiger partial charge in [-0.1, -0.05) is 18.2 Å². The van der Waals surface area contributed by atoms with E-state index in [1.807, 2.05) is 30.5 Å². The zero-order chi connectivity index (χ0) is 18.4. The topological polar surface area (TPSA) is 62.5 Å². The molecule has 2 aromatic carbocycles. The molecule has 0 radical (unpaired) electrons. The SMILES string of the molecule is CC(C)n1cc(C2CC(=O)N(c3ccc(O)cc3)C2=O)c2ccccc21. The van der Waals surface area contributed by atoms with Crippen molar-refractivity contribution in [2.75, 3.05) is 4.90 Å². The van der Waals surface area contributed by atoms with Crippen LogP contribution in [0.15, 0.2) is 54.7 Å². The molecule has 2 heterocycles. The third kappa shape index (κ3) is 2.47. The van der Waals surface area contributed by atoms with Gasteiger partial charge in [-0.3, -0.25) is 14.5 Å². The number of hydrogen-bond acceptors (Lipinski definition) is 3. The minimum atomic E-state index is -0.485. The smallest absolute Gasteiger partial charge is 0.241 e. The molecule has 26 heavy (non-hydrogen) atoms. The van der Waals surface area contributed by atoms with E-state index in [0.717, 1.165) is 16.5 Å². The zero-order valence-corrected chi connectivity index (χ0v) is 14.7. The second kappa shape index (κ2) is 6.02. The normalized spacial score (nSPS) is 17.7. The number of aromatic nitrogens is 1. The molecule has 1 aromatic heterocycles. The average Bonchev–Trinajstić information content (AvgIpc) is 3.14. The highest BCUT2D eigenvalue weighted by molar-refractivity contribution is 6.23. The van der Waals surface area contributed by atoms with Gasteiger partial charge in [-0.25, -0.2) is 0 Å². The Bertz CT molecular complexity index is 1000. The summed E-state index contributed by atoms with van der Waals surface area (Å²) in [7, 11) is 0. The fourth-order valence-corrected chi connectivity index (χ4v) is 3.68. The predicted molar refractivity (Wildman–Crippen MR) is 100 cm³/mol. The van der Waals surface area contributed by atoms with Crippen molar-refractivity contribution in [2.24, 2.45) is 0 Å². The summed E-state index contributed by atoms with van der Waals surface area (Å²) >= 11 is 0. The minimum Gasteiger partial charge on any atom is -0.508 e. The van der Waals surface area contributed by atoms with Crippen LogP contribution < -0.4 is 4.90 Å². The van der Waals surface area contributed by atoms with Crippen molar-refractivity contribution in [1.82, 2.24) is 4.57 Å². The van der Waals surface area contributed by atoms with Crippen LogP contribution in [0.4, 0.5) is 5.69 Å².